The van der Waals surface area contributed by atoms with E-state index in [1.165, 1.54) is 6.08 Å². The number of esters is 1. The Morgan fingerprint density at radius 3 is 2.53 bits per heavy atom. The lowest BCUT2D eigenvalue weighted by Crippen LogP contribution is -1.99. The van der Waals surface area contributed by atoms with Crippen LogP contribution in [0.1, 0.15) is 32.6 Å². The summed E-state index contributed by atoms with van der Waals surface area (Å²) >= 11 is 0. The lowest BCUT2D eigenvalue weighted by Gasteiger charge is -1.95. The number of carbonyl (C=O) groups is 1. The van der Waals surface area contributed by atoms with E-state index < -0.39 is 0 Å². The van der Waals surface area contributed by atoms with Gasteiger partial charge in [-0.05, 0) is 32.6 Å². The fourth-order valence-corrected chi connectivity index (χ4v) is 1.06. The molecule has 0 rings (SSSR count). The first-order chi connectivity index (χ1) is 7.31. The van der Waals surface area contributed by atoms with Crippen molar-refractivity contribution in [2.75, 3.05) is 6.61 Å². The van der Waals surface area contributed by atoms with Crippen molar-refractivity contribution in [3.63, 3.8) is 0 Å². The summed E-state index contributed by atoms with van der Waals surface area (Å²) in [7, 11) is 0. The summed E-state index contributed by atoms with van der Waals surface area (Å²) in [6.45, 7) is 5.77. The molecule has 0 aliphatic rings. The number of hydrogen-bond donors (Lipinski definition) is 0. The van der Waals surface area contributed by atoms with Gasteiger partial charge in [0.15, 0.2) is 0 Å². The zero-order valence-corrected chi connectivity index (χ0v) is 9.45. The quantitative estimate of drug-likeness (QED) is 0.264. The van der Waals surface area contributed by atoms with E-state index in [1.54, 1.807) is 6.08 Å². The Balaban J connectivity index is 3.37. The van der Waals surface area contributed by atoms with Crippen molar-refractivity contribution < 1.29 is 9.53 Å². The highest BCUT2D eigenvalue weighted by molar-refractivity contribution is 5.81. The topological polar surface area (TPSA) is 26.3 Å². The summed E-state index contributed by atoms with van der Waals surface area (Å²) in [4.78, 5) is 11.0. The highest BCUT2D eigenvalue weighted by Gasteiger charge is 1.92. The Kier molecular flexibility index (Phi) is 9.83. The summed E-state index contributed by atoms with van der Waals surface area (Å²) in [5.74, 6) is -0.289. The molecule has 2 heteroatoms. The molecule has 0 aromatic heterocycles. The molecule has 0 saturated carbocycles. The molecule has 0 aromatic rings. The van der Waals surface area contributed by atoms with Gasteiger partial charge in [0.05, 0.1) is 0 Å². The van der Waals surface area contributed by atoms with E-state index in [9.17, 15) is 4.79 Å². The van der Waals surface area contributed by atoms with Crippen molar-refractivity contribution in [3.8, 4) is 0 Å². The number of allylic oxidation sites excluding steroid dienone is 3. The third-order valence-corrected chi connectivity index (χ3v) is 1.82. The third kappa shape index (κ3) is 10.6. The van der Waals surface area contributed by atoms with Crippen LogP contribution in [0.25, 0.3) is 0 Å². The largest absolute Gasteiger partial charge is 0.458 e. The number of ether oxygens (including phenoxy) is 1. The molecule has 0 atom stereocenters. The van der Waals surface area contributed by atoms with E-state index in [0.717, 1.165) is 25.7 Å². The fraction of sp³-hybridized carbons (Fsp3) is 0.462. The molecule has 0 N–H and O–H groups in total. The second kappa shape index (κ2) is 10.8. The second-order valence-corrected chi connectivity index (χ2v) is 3.17. The van der Waals surface area contributed by atoms with Crippen molar-refractivity contribution >= 4 is 5.97 Å². The van der Waals surface area contributed by atoms with E-state index in [1.807, 2.05) is 13.0 Å². The summed E-state index contributed by atoms with van der Waals surface area (Å²) in [6.07, 6.45) is 13.4. The van der Waals surface area contributed by atoms with Gasteiger partial charge in [0.2, 0.25) is 0 Å². The van der Waals surface area contributed by atoms with Crippen LogP contribution < -0.4 is 0 Å². The standard InChI is InChI=1S/C13H20O2/c1-3-5-6-7-8-9-10-11-13(14)15-12-4-2/h3-5,10-11H,2,6-9,12H2,1H3/b5-3+,11-10+. The molecule has 0 unspecified atom stereocenters. The molecule has 84 valence electrons. The number of carbonyl (C=O) groups excluding carboxylic acids is 1. The van der Waals surface area contributed by atoms with E-state index in [0.29, 0.717) is 0 Å². The summed E-state index contributed by atoms with van der Waals surface area (Å²) < 4.78 is 4.78. The molecule has 0 bridgehead atoms. The minimum atomic E-state index is -0.289. The minimum Gasteiger partial charge on any atom is -0.458 e. The van der Waals surface area contributed by atoms with Crippen LogP contribution in [0.3, 0.4) is 0 Å². The van der Waals surface area contributed by atoms with Crippen LogP contribution in [0.2, 0.25) is 0 Å². The number of hydrogen-bond acceptors (Lipinski definition) is 2. The maximum absolute atomic E-state index is 11.0. The number of rotatable bonds is 8. The SMILES string of the molecule is C=CCOC(=O)/C=C/CCCC/C=C/C. The van der Waals surface area contributed by atoms with Crippen LogP contribution in [0, 0.1) is 0 Å². The molecule has 0 spiro atoms. The molecule has 2 nitrogen and oxygen atoms in total. The summed E-state index contributed by atoms with van der Waals surface area (Å²) in [6, 6.07) is 0. The molecule has 0 fully saturated rings. The van der Waals surface area contributed by atoms with Crippen molar-refractivity contribution in [2.24, 2.45) is 0 Å². The van der Waals surface area contributed by atoms with Gasteiger partial charge in [-0.3, -0.25) is 0 Å². The van der Waals surface area contributed by atoms with Crippen LogP contribution in [-0.4, -0.2) is 12.6 Å². The first-order valence-electron chi connectivity index (χ1n) is 5.36. The van der Waals surface area contributed by atoms with Gasteiger partial charge in [-0.2, -0.15) is 0 Å². The molecule has 0 aliphatic heterocycles. The monoisotopic (exact) mass is 208 g/mol. The van der Waals surface area contributed by atoms with Gasteiger partial charge in [0.1, 0.15) is 6.61 Å². The molecule has 0 aliphatic carbocycles. The van der Waals surface area contributed by atoms with Gasteiger partial charge in [0, 0.05) is 6.08 Å². The highest BCUT2D eigenvalue weighted by atomic mass is 16.5. The van der Waals surface area contributed by atoms with Crippen molar-refractivity contribution in [1.29, 1.82) is 0 Å². The Hall–Kier alpha value is -1.31. The average molecular weight is 208 g/mol. The summed E-state index contributed by atoms with van der Waals surface area (Å²) in [5, 5.41) is 0. The van der Waals surface area contributed by atoms with Crippen LogP contribution in [0.15, 0.2) is 37.0 Å². The molecular weight excluding hydrogens is 188 g/mol. The predicted octanol–water partition coefficient (Wildman–Crippen LogP) is 3.41. The van der Waals surface area contributed by atoms with E-state index in [4.69, 9.17) is 4.74 Å². The molecule has 15 heavy (non-hydrogen) atoms. The molecule has 0 amide bonds. The normalized spacial score (nSPS) is 11.0. The second-order valence-electron chi connectivity index (χ2n) is 3.17. The Labute approximate surface area is 92.3 Å². The van der Waals surface area contributed by atoms with Gasteiger partial charge in [-0.25, -0.2) is 4.79 Å². The lowest BCUT2D eigenvalue weighted by atomic mass is 10.2. The summed E-state index contributed by atoms with van der Waals surface area (Å²) in [5.41, 5.74) is 0. The van der Waals surface area contributed by atoms with Crippen LogP contribution in [-0.2, 0) is 9.53 Å². The van der Waals surface area contributed by atoms with Crippen molar-refractivity contribution in [2.45, 2.75) is 32.6 Å². The van der Waals surface area contributed by atoms with Gasteiger partial charge in [0.25, 0.3) is 0 Å². The lowest BCUT2D eigenvalue weighted by molar-refractivity contribution is -0.136. The molecule has 0 radical (unpaired) electrons. The van der Waals surface area contributed by atoms with Gasteiger partial charge in [-0.1, -0.05) is 30.9 Å². The van der Waals surface area contributed by atoms with Crippen LogP contribution >= 0.6 is 0 Å². The third-order valence-electron chi connectivity index (χ3n) is 1.82. The molecular formula is C13H20O2. The predicted molar refractivity (Wildman–Crippen MR) is 63.6 cm³/mol. The molecule has 0 aromatic carbocycles. The smallest absolute Gasteiger partial charge is 0.330 e. The van der Waals surface area contributed by atoms with Gasteiger partial charge < -0.3 is 4.74 Å². The highest BCUT2D eigenvalue weighted by Crippen LogP contribution is 2.01. The first kappa shape index (κ1) is 13.7. The van der Waals surface area contributed by atoms with Crippen LogP contribution in [0.4, 0.5) is 0 Å². The van der Waals surface area contributed by atoms with E-state index in [2.05, 4.69) is 18.7 Å². The maximum Gasteiger partial charge on any atom is 0.330 e. The van der Waals surface area contributed by atoms with Gasteiger partial charge in [-0.15, -0.1) is 0 Å². The molecule has 0 heterocycles. The van der Waals surface area contributed by atoms with Crippen molar-refractivity contribution in [1.82, 2.24) is 0 Å². The average Bonchev–Trinajstić information content (AvgIpc) is 2.25. The zero-order chi connectivity index (χ0) is 11.4. The van der Waals surface area contributed by atoms with Crippen LogP contribution in [0.5, 0.6) is 0 Å². The van der Waals surface area contributed by atoms with E-state index in [-0.39, 0.29) is 12.6 Å². The Morgan fingerprint density at radius 1 is 1.27 bits per heavy atom. The Bertz CT molecular complexity index is 227. The number of unbranched alkanes of at least 4 members (excludes halogenated alkanes) is 3. The molecule has 0 saturated heterocycles. The van der Waals surface area contributed by atoms with Crippen molar-refractivity contribution in [3.05, 3.63) is 37.0 Å². The first-order valence-corrected chi connectivity index (χ1v) is 5.36. The Morgan fingerprint density at radius 2 is 1.93 bits per heavy atom. The fourth-order valence-electron chi connectivity index (χ4n) is 1.06. The minimum absolute atomic E-state index is 0.282. The van der Waals surface area contributed by atoms with Gasteiger partial charge >= 0.3 is 5.97 Å². The van der Waals surface area contributed by atoms with E-state index >= 15 is 0 Å². The zero-order valence-electron chi connectivity index (χ0n) is 9.45. The maximum atomic E-state index is 11.0.